The van der Waals surface area contributed by atoms with Gasteiger partial charge in [0, 0.05) is 43.5 Å². The molecule has 2 aliphatic heterocycles. The molecule has 2 aromatic rings. The predicted molar refractivity (Wildman–Crippen MR) is 197 cm³/mol. The van der Waals surface area contributed by atoms with Gasteiger partial charge in [-0.2, -0.15) is 0 Å². The first-order chi connectivity index (χ1) is 21.8. The molecule has 1 fully saturated rings. The molecule has 2 aliphatic rings. The Morgan fingerprint density at radius 3 is 2.20 bits per heavy atom. The summed E-state index contributed by atoms with van der Waals surface area (Å²) in [6.07, 6.45) is 19.8. The topological polar surface area (TPSA) is 63.7 Å². The van der Waals surface area contributed by atoms with Crippen LogP contribution in [0, 0.1) is 32.1 Å². The highest BCUT2D eigenvalue weighted by Gasteiger charge is 2.35. The number of ether oxygens (including phenoxy) is 1. The summed E-state index contributed by atoms with van der Waals surface area (Å²) < 4.78 is 8.89. The number of aromatic nitrogens is 1. The van der Waals surface area contributed by atoms with Crippen LogP contribution >= 0.6 is 0 Å². The molecular weight excluding hydrogens is 554 g/mol. The number of allylic oxidation sites excluding steroid dienone is 4. The van der Waals surface area contributed by atoms with Gasteiger partial charge in [0.05, 0.1) is 12.2 Å². The van der Waals surface area contributed by atoms with Gasteiger partial charge in [-0.15, -0.1) is 13.0 Å². The Morgan fingerprint density at radius 1 is 1.11 bits per heavy atom. The first-order valence-electron chi connectivity index (χ1n) is 17.1. The molecule has 5 heteroatoms. The number of nitrogens with two attached hydrogens (primary N) is 1. The molecule has 3 N–H and O–H groups in total. The number of aromatic hydroxyl groups is 1. The molecule has 1 aromatic carbocycles. The van der Waals surface area contributed by atoms with E-state index in [1.54, 1.807) is 0 Å². The van der Waals surface area contributed by atoms with Crippen LogP contribution in [0.5, 0.6) is 5.75 Å². The summed E-state index contributed by atoms with van der Waals surface area (Å²) in [6, 6.07) is 4.53. The summed E-state index contributed by atoms with van der Waals surface area (Å²) in [5, 5.41) is 10.8. The summed E-state index contributed by atoms with van der Waals surface area (Å²) in [7, 11) is 0. The van der Waals surface area contributed by atoms with E-state index in [1.807, 2.05) is 47.6 Å². The van der Waals surface area contributed by atoms with Gasteiger partial charge in [0.15, 0.2) is 0 Å². The summed E-state index contributed by atoms with van der Waals surface area (Å²) >= 11 is 0. The van der Waals surface area contributed by atoms with Crippen molar-refractivity contribution in [1.82, 2.24) is 9.47 Å². The molecule has 0 saturated carbocycles. The van der Waals surface area contributed by atoms with Gasteiger partial charge in [-0.3, -0.25) is 4.90 Å². The number of hydrogen-bond acceptors (Lipinski definition) is 4. The van der Waals surface area contributed by atoms with Crippen LogP contribution in [0.2, 0.25) is 0 Å². The monoisotopic (exact) mass is 620 g/mol. The van der Waals surface area contributed by atoms with Crippen molar-refractivity contribution in [1.29, 1.82) is 0 Å². The first kappa shape index (κ1) is 42.0. The average Bonchev–Trinajstić information content (AvgIpc) is 3.49. The van der Waals surface area contributed by atoms with Crippen LogP contribution in [0.1, 0.15) is 107 Å². The molecule has 0 radical (unpaired) electrons. The highest BCUT2D eigenvalue weighted by molar-refractivity contribution is 5.51. The Morgan fingerprint density at radius 2 is 1.71 bits per heavy atom. The lowest BCUT2D eigenvalue weighted by molar-refractivity contribution is -0.0651. The fourth-order valence-corrected chi connectivity index (χ4v) is 5.61. The number of piperidine rings is 1. The molecular formula is C40H65N3O2. The van der Waals surface area contributed by atoms with E-state index in [9.17, 15) is 5.11 Å². The van der Waals surface area contributed by atoms with E-state index in [0.29, 0.717) is 18.2 Å². The lowest BCUT2D eigenvalue weighted by Crippen LogP contribution is -2.42. The molecule has 2 unspecified atom stereocenters. The van der Waals surface area contributed by atoms with Crippen molar-refractivity contribution >= 4 is 0 Å². The zero-order valence-corrected chi connectivity index (χ0v) is 30.2. The maximum atomic E-state index is 10.8. The van der Waals surface area contributed by atoms with E-state index in [-0.39, 0.29) is 12.2 Å². The number of likely N-dealkylation sites (tertiary alicyclic amines) is 1. The van der Waals surface area contributed by atoms with Crippen molar-refractivity contribution in [3.05, 3.63) is 89.3 Å². The van der Waals surface area contributed by atoms with Crippen LogP contribution in [0.3, 0.4) is 0 Å². The number of fused-ring (bicyclic) bond motifs is 1. The van der Waals surface area contributed by atoms with Gasteiger partial charge in [0.1, 0.15) is 5.75 Å². The third kappa shape index (κ3) is 13.1. The molecule has 0 bridgehead atoms. The summed E-state index contributed by atoms with van der Waals surface area (Å²) in [4.78, 5) is 2.58. The minimum Gasteiger partial charge on any atom is -0.507 e. The van der Waals surface area contributed by atoms with Crippen LogP contribution in [-0.2, 0) is 30.7 Å². The van der Waals surface area contributed by atoms with Crippen LogP contribution in [0.25, 0.3) is 0 Å². The minimum absolute atomic E-state index is 0.119. The molecule has 0 amide bonds. The second kappa shape index (κ2) is 24.2. The van der Waals surface area contributed by atoms with Crippen molar-refractivity contribution in [3.63, 3.8) is 0 Å². The number of phenolic OH excluding ortho intramolecular Hbond substituents is 1. The fraction of sp³-hybridized carbons (Fsp3) is 0.550. The average molecular weight is 620 g/mol. The van der Waals surface area contributed by atoms with E-state index in [1.165, 1.54) is 17.3 Å². The molecule has 252 valence electrons. The highest BCUT2D eigenvalue weighted by Crippen LogP contribution is 2.41. The molecule has 4 rings (SSSR count). The smallest absolute Gasteiger partial charge is 0.122 e. The van der Waals surface area contributed by atoms with Crippen LogP contribution in [0.15, 0.2) is 55.8 Å². The number of nitrogens with zero attached hydrogens (tertiary/aromatic N) is 2. The largest absolute Gasteiger partial charge is 0.507 e. The number of hydrogen-bond donors (Lipinski definition) is 2. The van der Waals surface area contributed by atoms with E-state index in [0.717, 1.165) is 80.5 Å². The molecule has 2 atom stereocenters. The molecule has 3 heterocycles. The normalized spacial score (nSPS) is 17.4. The van der Waals surface area contributed by atoms with Crippen molar-refractivity contribution in [2.24, 2.45) is 11.7 Å². The quantitative estimate of drug-likeness (QED) is 0.228. The summed E-state index contributed by atoms with van der Waals surface area (Å²) in [5.41, 5.74) is 13.1. The van der Waals surface area contributed by atoms with Crippen LogP contribution < -0.4 is 5.73 Å². The van der Waals surface area contributed by atoms with Gasteiger partial charge in [0.25, 0.3) is 0 Å². The van der Waals surface area contributed by atoms with Crippen LogP contribution in [0.4, 0.5) is 0 Å². The third-order valence-electron chi connectivity index (χ3n) is 8.17. The zero-order chi connectivity index (χ0) is 34.4. The van der Waals surface area contributed by atoms with E-state index < -0.39 is 0 Å². The first-order valence-corrected chi connectivity index (χ1v) is 17.1. The van der Waals surface area contributed by atoms with E-state index in [4.69, 9.17) is 10.5 Å². The summed E-state index contributed by atoms with van der Waals surface area (Å²) in [6.45, 7) is 29.7. The second-order valence-corrected chi connectivity index (χ2v) is 10.9. The lowest BCUT2D eigenvalue weighted by atomic mass is 9.82. The number of benzene rings is 1. The zero-order valence-electron chi connectivity index (χ0n) is 30.2. The minimum atomic E-state index is -0.119. The van der Waals surface area contributed by atoms with Gasteiger partial charge >= 0.3 is 0 Å². The van der Waals surface area contributed by atoms with Gasteiger partial charge < -0.3 is 20.1 Å². The predicted octanol–water partition coefficient (Wildman–Crippen LogP) is 9.24. The Kier molecular flexibility index (Phi) is 22.6. The van der Waals surface area contributed by atoms with E-state index in [2.05, 4.69) is 86.2 Å². The molecule has 5 nitrogen and oxygen atoms in total. The number of terminal acetylenes is 1. The second-order valence-electron chi connectivity index (χ2n) is 10.9. The maximum absolute atomic E-state index is 10.8. The molecule has 0 spiro atoms. The summed E-state index contributed by atoms with van der Waals surface area (Å²) in [5.74, 6) is 3.15. The van der Waals surface area contributed by atoms with Crippen LogP contribution in [-0.4, -0.2) is 40.3 Å². The fourth-order valence-electron chi connectivity index (χ4n) is 5.61. The molecule has 0 aliphatic carbocycles. The van der Waals surface area contributed by atoms with E-state index >= 15 is 0 Å². The standard InChI is InChI=1S/C28H41N3O2.C4H8.C4H4.2C2H6/c1-5-7-10-31-18-21(14-23(31)6-2)17-30-11-8-22(9-12-30)26-15-25-24(27(16-29)33-26)13-19(3)20(4)28(25)32;2*1-3-4-2;2*1-2/h5,7,13-14,18,22,26-27,32H,6,8-12,15-17,29H2,1-4H3;3H,1,4H2,2H3;1,4H,2H2;2*1-2H3/b7-5+;;;;. The Balaban J connectivity index is 0.00000140. The van der Waals surface area contributed by atoms with Crippen molar-refractivity contribution in [2.45, 2.75) is 120 Å². The number of rotatable bonds is 8. The molecule has 1 saturated heterocycles. The SMILES string of the molecule is C#CC=C.C/C=C/Cn1cc(CN2CCC(C3Cc4c(cc(C)c(C)c4O)C(CN)O3)CC2)cc1CC.C=CCC.CC.CC. The third-order valence-corrected chi connectivity index (χ3v) is 8.17. The highest BCUT2D eigenvalue weighted by atomic mass is 16.5. The van der Waals surface area contributed by atoms with Crippen molar-refractivity contribution < 1.29 is 9.84 Å². The van der Waals surface area contributed by atoms with Gasteiger partial charge in [-0.1, -0.05) is 78.3 Å². The molecule has 45 heavy (non-hydrogen) atoms. The van der Waals surface area contributed by atoms with Gasteiger partial charge in [0.2, 0.25) is 0 Å². The molecule has 1 aromatic heterocycles. The number of aryl methyl sites for hydroxylation is 2. The Hall–Kier alpha value is -3.04. The Bertz CT molecular complexity index is 1180. The number of phenols is 1. The van der Waals surface area contributed by atoms with Crippen molar-refractivity contribution in [2.75, 3.05) is 19.6 Å². The lowest BCUT2D eigenvalue weighted by Gasteiger charge is -2.40. The Labute approximate surface area is 277 Å². The van der Waals surface area contributed by atoms with Gasteiger partial charge in [-0.25, -0.2) is 0 Å². The maximum Gasteiger partial charge on any atom is 0.122 e. The van der Waals surface area contributed by atoms with Gasteiger partial charge in [-0.05, 0) is 99.9 Å². The van der Waals surface area contributed by atoms with Crippen molar-refractivity contribution in [3.8, 4) is 18.1 Å².